The van der Waals surface area contributed by atoms with E-state index >= 15 is 0 Å². The van der Waals surface area contributed by atoms with Crippen molar-refractivity contribution in [1.82, 2.24) is 20.2 Å². The van der Waals surface area contributed by atoms with Gasteiger partial charge in [-0.2, -0.15) is 0 Å². The van der Waals surface area contributed by atoms with Gasteiger partial charge in [0.25, 0.3) is 5.56 Å². The first-order valence-corrected chi connectivity index (χ1v) is 9.38. The van der Waals surface area contributed by atoms with E-state index in [-0.39, 0.29) is 30.0 Å². The van der Waals surface area contributed by atoms with Crippen LogP contribution in [0.1, 0.15) is 27.7 Å². The van der Waals surface area contributed by atoms with Gasteiger partial charge < -0.3 is 20.1 Å². The molecular weight excluding hydrogens is 376 g/mol. The number of amides is 2. The fourth-order valence-electron chi connectivity index (χ4n) is 2.88. The first kappa shape index (κ1) is 22.2. The zero-order valence-corrected chi connectivity index (χ0v) is 17.6. The summed E-state index contributed by atoms with van der Waals surface area (Å²) in [4.78, 5) is 41.9. The minimum absolute atomic E-state index is 0.0417. The third kappa shape index (κ3) is 5.24. The molecule has 0 aliphatic carbocycles. The van der Waals surface area contributed by atoms with Crippen molar-refractivity contribution in [3.05, 3.63) is 28.8 Å². The summed E-state index contributed by atoms with van der Waals surface area (Å²) >= 11 is 0. The minimum Gasteiger partial charge on any atom is -0.493 e. The lowest BCUT2D eigenvalue weighted by Gasteiger charge is -2.23. The van der Waals surface area contributed by atoms with Crippen LogP contribution in [0.4, 0.5) is 0 Å². The molecule has 0 saturated heterocycles. The van der Waals surface area contributed by atoms with Crippen LogP contribution in [-0.2, 0) is 16.1 Å². The summed E-state index contributed by atoms with van der Waals surface area (Å²) in [5, 5.41) is 5.80. The predicted octanol–water partition coefficient (Wildman–Crippen LogP) is 1.08. The Balaban J connectivity index is 2.26. The van der Waals surface area contributed by atoms with E-state index in [1.165, 1.54) is 31.2 Å². The summed E-state index contributed by atoms with van der Waals surface area (Å²) in [5.41, 5.74) is 0.0412. The number of methoxy groups -OCH3 is 2. The van der Waals surface area contributed by atoms with Crippen molar-refractivity contribution < 1.29 is 19.1 Å². The zero-order valence-electron chi connectivity index (χ0n) is 17.6. The Labute approximate surface area is 169 Å². The first-order valence-electron chi connectivity index (χ1n) is 9.38. The quantitative estimate of drug-likeness (QED) is 0.681. The Morgan fingerprint density at radius 2 is 1.69 bits per heavy atom. The second-order valence-corrected chi connectivity index (χ2v) is 7.35. The molecule has 1 aromatic carbocycles. The predicted molar refractivity (Wildman–Crippen MR) is 109 cm³/mol. The fraction of sp³-hybridized carbons (Fsp3) is 0.500. The Bertz CT molecular complexity index is 952. The summed E-state index contributed by atoms with van der Waals surface area (Å²) < 4.78 is 11.6. The van der Waals surface area contributed by atoms with E-state index in [9.17, 15) is 14.4 Å². The monoisotopic (exact) mass is 404 g/mol. The Morgan fingerprint density at radius 3 is 2.24 bits per heavy atom. The number of carbonyl (C=O) groups excluding carboxylic acids is 2. The number of benzene rings is 1. The standard InChI is InChI=1S/C20H28N4O5/c1-11(2)18(19(26)22-12(3)4)23-17(25)9-24-10-21-14-8-16(29-6)15(28-5)7-13(14)20(24)27/h7-8,10-12,18H,9H2,1-6H3,(H,22,26)(H,23,25). The molecule has 1 unspecified atom stereocenters. The number of fused-ring (bicyclic) bond motifs is 1. The number of hydrogen-bond acceptors (Lipinski definition) is 6. The van der Waals surface area contributed by atoms with Gasteiger partial charge in [-0.1, -0.05) is 13.8 Å². The summed E-state index contributed by atoms with van der Waals surface area (Å²) in [7, 11) is 2.97. The molecule has 2 aromatic rings. The molecular formula is C20H28N4O5. The zero-order chi connectivity index (χ0) is 21.7. The summed E-state index contributed by atoms with van der Waals surface area (Å²) in [6, 6.07) is 2.40. The largest absolute Gasteiger partial charge is 0.493 e. The number of nitrogens with one attached hydrogen (secondary N) is 2. The highest BCUT2D eigenvalue weighted by atomic mass is 16.5. The van der Waals surface area contributed by atoms with Crippen LogP contribution in [0.25, 0.3) is 10.9 Å². The summed E-state index contributed by atoms with van der Waals surface area (Å²) in [6.45, 7) is 7.12. The van der Waals surface area contributed by atoms with Crippen LogP contribution in [0.5, 0.6) is 11.5 Å². The average molecular weight is 404 g/mol. The van der Waals surface area contributed by atoms with E-state index in [4.69, 9.17) is 9.47 Å². The minimum atomic E-state index is -0.696. The topological polar surface area (TPSA) is 112 Å². The van der Waals surface area contributed by atoms with E-state index in [2.05, 4.69) is 15.6 Å². The van der Waals surface area contributed by atoms with Crippen molar-refractivity contribution in [3.8, 4) is 11.5 Å². The smallest absolute Gasteiger partial charge is 0.261 e. The number of ether oxygens (including phenoxy) is 2. The van der Waals surface area contributed by atoms with Crippen LogP contribution < -0.4 is 25.7 Å². The lowest BCUT2D eigenvalue weighted by atomic mass is 10.0. The van der Waals surface area contributed by atoms with Gasteiger partial charge in [-0.05, 0) is 25.8 Å². The van der Waals surface area contributed by atoms with Gasteiger partial charge in [-0.15, -0.1) is 0 Å². The van der Waals surface area contributed by atoms with Gasteiger partial charge in [0.15, 0.2) is 11.5 Å². The number of rotatable bonds is 8. The maximum absolute atomic E-state index is 12.8. The first-order chi connectivity index (χ1) is 13.7. The van der Waals surface area contributed by atoms with E-state index < -0.39 is 11.9 Å². The third-order valence-electron chi connectivity index (χ3n) is 4.34. The highest BCUT2D eigenvalue weighted by Gasteiger charge is 2.25. The van der Waals surface area contributed by atoms with Crippen molar-refractivity contribution in [3.63, 3.8) is 0 Å². The third-order valence-corrected chi connectivity index (χ3v) is 4.34. The van der Waals surface area contributed by atoms with E-state index in [0.29, 0.717) is 22.4 Å². The number of carbonyl (C=O) groups is 2. The molecule has 29 heavy (non-hydrogen) atoms. The van der Waals surface area contributed by atoms with Crippen LogP contribution >= 0.6 is 0 Å². The lowest BCUT2D eigenvalue weighted by Crippen LogP contribution is -2.52. The van der Waals surface area contributed by atoms with Gasteiger partial charge in [-0.3, -0.25) is 19.0 Å². The second-order valence-electron chi connectivity index (χ2n) is 7.35. The molecule has 0 aliphatic rings. The lowest BCUT2D eigenvalue weighted by molar-refractivity contribution is -0.130. The van der Waals surface area contributed by atoms with Crippen LogP contribution in [-0.4, -0.2) is 47.7 Å². The van der Waals surface area contributed by atoms with Crippen LogP contribution in [0.2, 0.25) is 0 Å². The Morgan fingerprint density at radius 1 is 1.07 bits per heavy atom. The summed E-state index contributed by atoms with van der Waals surface area (Å²) in [5.74, 6) is 0.0287. The van der Waals surface area contributed by atoms with E-state index in [1.54, 1.807) is 6.07 Å². The normalized spacial score (nSPS) is 12.1. The Hall–Kier alpha value is -3.10. The number of aromatic nitrogens is 2. The molecule has 2 rings (SSSR count). The van der Waals surface area contributed by atoms with Crippen LogP contribution in [0, 0.1) is 5.92 Å². The molecule has 9 nitrogen and oxygen atoms in total. The highest BCUT2D eigenvalue weighted by Crippen LogP contribution is 2.29. The van der Waals surface area contributed by atoms with Gasteiger partial charge in [0.1, 0.15) is 12.6 Å². The molecule has 2 N–H and O–H groups in total. The van der Waals surface area contributed by atoms with Crippen molar-refractivity contribution in [2.24, 2.45) is 5.92 Å². The van der Waals surface area contributed by atoms with Gasteiger partial charge in [0, 0.05) is 12.1 Å². The van der Waals surface area contributed by atoms with Gasteiger partial charge >= 0.3 is 0 Å². The molecule has 2 amide bonds. The second kappa shape index (κ2) is 9.40. The van der Waals surface area contributed by atoms with Crippen LogP contribution in [0.15, 0.2) is 23.3 Å². The molecule has 0 aliphatic heterocycles. The molecule has 9 heteroatoms. The molecule has 0 bridgehead atoms. The number of hydrogen-bond donors (Lipinski definition) is 2. The Kier molecular flexibility index (Phi) is 7.19. The number of nitrogens with zero attached hydrogens (tertiary/aromatic N) is 2. The van der Waals surface area contributed by atoms with Gasteiger partial charge in [-0.25, -0.2) is 4.98 Å². The average Bonchev–Trinajstić information content (AvgIpc) is 2.66. The van der Waals surface area contributed by atoms with E-state index in [1.807, 2.05) is 27.7 Å². The molecule has 1 aromatic heterocycles. The molecule has 0 radical (unpaired) electrons. The van der Waals surface area contributed by atoms with Gasteiger partial charge in [0.2, 0.25) is 11.8 Å². The van der Waals surface area contributed by atoms with Crippen molar-refractivity contribution in [2.45, 2.75) is 46.3 Å². The van der Waals surface area contributed by atoms with Gasteiger partial charge in [0.05, 0.1) is 31.4 Å². The molecule has 0 fully saturated rings. The van der Waals surface area contributed by atoms with Crippen molar-refractivity contribution in [2.75, 3.05) is 14.2 Å². The molecule has 0 saturated carbocycles. The van der Waals surface area contributed by atoms with Crippen LogP contribution in [0.3, 0.4) is 0 Å². The SMILES string of the molecule is COc1cc2ncn(CC(=O)NC(C(=O)NC(C)C)C(C)C)c(=O)c2cc1OC. The van der Waals surface area contributed by atoms with E-state index in [0.717, 1.165) is 0 Å². The fourth-order valence-corrected chi connectivity index (χ4v) is 2.88. The maximum atomic E-state index is 12.8. The molecule has 1 heterocycles. The summed E-state index contributed by atoms with van der Waals surface area (Å²) in [6.07, 6.45) is 1.30. The highest BCUT2D eigenvalue weighted by molar-refractivity contribution is 5.88. The molecule has 1 atom stereocenters. The van der Waals surface area contributed by atoms with Crippen molar-refractivity contribution >= 4 is 22.7 Å². The van der Waals surface area contributed by atoms with Crippen molar-refractivity contribution in [1.29, 1.82) is 0 Å². The molecule has 158 valence electrons. The molecule has 0 spiro atoms. The maximum Gasteiger partial charge on any atom is 0.261 e.